The minimum absolute atomic E-state index is 0.0718. The number of hydrogen-bond acceptors (Lipinski definition) is 6. The number of amides is 3. The Balaban J connectivity index is 1.35. The second-order valence-corrected chi connectivity index (χ2v) is 13.3. The van der Waals surface area contributed by atoms with Crippen molar-refractivity contribution in [3.8, 4) is 0 Å². The highest BCUT2D eigenvalue weighted by Gasteiger charge is 2.68. The van der Waals surface area contributed by atoms with Gasteiger partial charge >= 0.3 is 0 Å². The Labute approximate surface area is 245 Å². The topological polar surface area (TPSA) is 142 Å². The molecule has 2 saturated heterocycles. The second kappa shape index (κ2) is 12.1. The van der Waals surface area contributed by atoms with Gasteiger partial charge in [0, 0.05) is 37.7 Å². The van der Waals surface area contributed by atoms with Crippen LogP contribution < -0.4 is 15.8 Å². The van der Waals surface area contributed by atoms with E-state index >= 15 is 0 Å². The Bertz CT molecular complexity index is 1420. The third-order valence-corrected chi connectivity index (χ3v) is 9.88. The van der Waals surface area contributed by atoms with E-state index in [1.54, 1.807) is 47.4 Å². The molecule has 2 aromatic carbocycles. The van der Waals surface area contributed by atoms with Gasteiger partial charge in [0.15, 0.2) is 0 Å². The van der Waals surface area contributed by atoms with E-state index in [0.717, 1.165) is 24.0 Å². The van der Waals surface area contributed by atoms with Gasteiger partial charge in [-0.05, 0) is 60.9 Å². The van der Waals surface area contributed by atoms with E-state index < -0.39 is 33.4 Å². The van der Waals surface area contributed by atoms with Crippen LogP contribution in [0, 0.1) is 5.92 Å². The normalized spacial score (nSPS) is 24.0. The third kappa shape index (κ3) is 6.43. The first-order chi connectivity index (χ1) is 19.6. The fourth-order valence-electron chi connectivity index (χ4n) is 6.02. The Morgan fingerprint density at radius 1 is 1.00 bits per heavy atom. The molecule has 2 unspecified atom stereocenters. The summed E-state index contributed by atoms with van der Waals surface area (Å²) in [5.41, 5.74) is 6.44. The Morgan fingerprint density at radius 2 is 1.73 bits per heavy atom. The van der Waals surface area contributed by atoms with Crippen molar-refractivity contribution in [2.75, 3.05) is 19.6 Å². The van der Waals surface area contributed by atoms with Gasteiger partial charge in [0.1, 0.15) is 11.6 Å². The minimum atomic E-state index is -3.98. The van der Waals surface area contributed by atoms with Crippen LogP contribution in [-0.2, 0) is 43.2 Å². The van der Waals surface area contributed by atoms with Gasteiger partial charge in [0.2, 0.25) is 27.7 Å². The smallest absolute Gasteiger partial charge is 0.245 e. The molecule has 12 heteroatoms. The number of carbonyl (C=O) groups excluding carboxylic acids is 3. The molecule has 220 valence electrons. The molecule has 0 radical (unpaired) electrons. The van der Waals surface area contributed by atoms with Crippen LogP contribution in [0.4, 0.5) is 0 Å². The molecule has 2 heterocycles. The largest absolute Gasteiger partial charge is 0.350 e. The van der Waals surface area contributed by atoms with Crippen LogP contribution in [0.3, 0.4) is 0 Å². The molecular weight excluding hydrogens is 566 g/mol. The maximum atomic E-state index is 14.1. The van der Waals surface area contributed by atoms with Gasteiger partial charge in [0.25, 0.3) is 0 Å². The lowest BCUT2D eigenvalue weighted by atomic mass is 10.1. The number of hydrogen-bond donors (Lipinski definition) is 3. The molecule has 1 aliphatic carbocycles. The summed E-state index contributed by atoms with van der Waals surface area (Å²) in [5.74, 6) is -2.20. The van der Waals surface area contributed by atoms with Crippen LogP contribution >= 0.6 is 11.6 Å². The molecule has 1 saturated carbocycles. The molecule has 4 N–H and O–H groups in total. The van der Waals surface area contributed by atoms with Crippen LogP contribution in [0.2, 0.25) is 5.02 Å². The van der Waals surface area contributed by atoms with E-state index in [1.165, 1.54) is 4.90 Å². The van der Waals surface area contributed by atoms with Crippen molar-refractivity contribution in [2.24, 2.45) is 11.7 Å². The summed E-state index contributed by atoms with van der Waals surface area (Å²) >= 11 is 6.13. The zero-order valence-electron chi connectivity index (χ0n) is 22.9. The van der Waals surface area contributed by atoms with Crippen LogP contribution in [0.1, 0.15) is 48.8 Å². The van der Waals surface area contributed by atoms with E-state index in [-0.39, 0.29) is 37.1 Å². The molecular formula is C29H36ClN5O5S. The van der Waals surface area contributed by atoms with Crippen molar-refractivity contribution < 1.29 is 22.8 Å². The van der Waals surface area contributed by atoms with E-state index in [2.05, 4.69) is 10.0 Å². The third-order valence-electron chi connectivity index (χ3n) is 8.25. The first-order valence-electron chi connectivity index (χ1n) is 14.0. The van der Waals surface area contributed by atoms with E-state index in [0.29, 0.717) is 43.1 Å². The van der Waals surface area contributed by atoms with E-state index in [4.69, 9.17) is 17.3 Å². The molecule has 3 amide bonds. The van der Waals surface area contributed by atoms with Gasteiger partial charge in [-0.3, -0.25) is 14.4 Å². The van der Waals surface area contributed by atoms with Crippen LogP contribution in [0.25, 0.3) is 0 Å². The highest BCUT2D eigenvalue weighted by atomic mass is 35.5. The lowest BCUT2D eigenvalue weighted by Gasteiger charge is -2.30. The van der Waals surface area contributed by atoms with Gasteiger partial charge in [-0.15, -0.1) is 0 Å². The van der Waals surface area contributed by atoms with E-state index in [9.17, 15) is 22.8 Å². The van der Waals surface area contributed by atoms with Gasteiger partial charge in [0.05, 0.1) is 11.7 Å². The molecule has 10 nitrogen and oxygen atoms in total. The minimum Gasteiger partial charge on any atom is -0.350 e. The summed E-state index contributed by atoms with van der Waals surface area (Å²) in [6.45, 7) is 1.97. The summed E-state index contributed by atoms with van der Waals surface area (Å²) in [7, 11) is -3.98. The quantitative estimate of drug-likeness (QED) is 0.380. The fraction of sp³-hybridized carbons (Fsp3) is 0.483. The van der Waals surface area contributed by atoms with Gasteiger partial charge < -0.3 is 20.9 Å². The molecule has 2 aliphatic heterocycles. The average molecular weight is 602 g/mol. The number of nitrogens with two attached hydrogens (primary N) is 1. The zero-order valence-corrected chi connectivity index (χ0v) is 24.4. The monoisotopic (exact) mass is 601 g/mol. The summed E-state index contributed by atoms with van der Waals surface area (Å²) in [6.07, 6.45) is 2.86. The van der Waals surface area contributed by atoms with E-state index in [1.807, 2.05) is 6.07 Å². The maximum Gasteiger partial charge on any atom is 0.245 e. The number of carbonyl (C=O) groups is 3. The predicted molar refractivity (Wildman–Crippen MR) is 155 cm³/mol. The zero-order chi connectivity index (χ0) is 29.2. The fourth-order valence-corrected chi connectivity index (χ4v) is 7.78. The van der Waals surface area contributed by atoms with Crippen molar-refractivity contribution in [3.05, 3.63) is 70.2 Å². The Kier molecular flexibility index (Phi) is 8.70. The molecule has 0 aromatic heterocycles. The SMILES string of the molecule is NCc1ccc(Cl)cc1CNC(=O)[C@@H]1CCCN1C(=O)C1(NS(=O)(=O)Cc2ccccc2)CC1C(=O)N1CCCC1. The molecule has 0 spiro atoms. The maximum absolute atomic E-state index is 14.1. The van der Waals surface area contributed by atoms with Crippen LogP contribution in [-0.4, -0.2) is 67.2 Å². The van der Waals surface area contributed by atoms with Crippen LogP contribution in [0.5, 0.6) is 0 Å². The second-order valence-electron chi connectivity index (χ2n) is 11.1. The van der Waals surface area contributed by atoms with Crippen molar-refractivity contribution in [3.63, 3.8) is 0 Å². The molecule has 0 bridgehead atoms. The van der Waals surface area contributed by atoms with Crippen molar-refractivity contribution in [1.29, 1.82) is 0 Å². The van der Waals surface area contributed by atoms with Gasteiger partial charge in [-0.2, -0.15) is 4.72 Å². The number of benzene rings is 2. The lowest BCUT2D eigenvalue weighted by Crippen LogP contribution is -2.57. The van der Waals surface area contributed by atoms with Crippen molar-refractivity contribution >= 4 is 39.3 Å². The van der Waals surface area contributed by atoms with Gasteiger partial charge in [-0.25, -0.2) is 8.42 Å². The number of sulfonamides is 1. The number of likely N-dealkylation sites (tertiary alicyclic amines) is 2. The Hall–Kier alpha value is -2.99. The highest BCUT2D eigenvalue weighted by Crippen LogP contribution is 2.48. The highest BCUT2D eigenvalue weighted by molar-refractivity contribution is 7.88. The molecule has 5 rings (SSSR count). The number of rotatable bonds is 10. The number of nitrogens with zero attached hydrogens (tertiary/aromatic N) is 2. The van der Waals surface area contributed by atoms with Gasteiger partial charge in [-0.1, -0.05) is 48.0 Å². The number of halogens is 1. The lowest BCUT2D eigenvalue weighted by molar-refractivity contribution is -0.142. The average Bonchev–Trinajstić information content (AvgIpc) is 3.31. The molecule has 41 heavy (non-hydrogen) atoms. The molecule has 3 fully saturated rings. The Morgan fingerprint density at radius 3 is 2.44 bits per heavy atom. The molecule has 3 atom stereocenters. The summed E-state index contributed by atoms with van der Waals surface area (Å²) in [6, 6.07) is 13.2. The number of nitrogens with one attached hydrogen (secondary N) is 2. The first-order valence-corrected chi connectivity index (χ1v) is 16.1. The molecule has 2 aromatic rings. The summed E-state index contributed by atoms with van der Waals surface area (Å²) < 4.78 is 29.3. The molecule has 3 aliphatic rings. The van der Waals surface area contributed by atoms with Crippen molar-refractivity contribution in [1.82, 2.24) is 19.8 Å². The predicted octanol–water partition coefficient (Wildman–Crippen LogP) is 1.91. The van der Waals surface area contributed by atoms with Crippen molar-refractivity contribution in [2.45, 2.75) is 62.5 Å². The van der Waals surface area contributed by atoms with Crippen LogP contribution in [0.15, 0.2) is 48.5 Å². The standard InChI is InChI=1S/C29H36ClN5O5S/c30-23-11-10-21(17-31)22(15-23)18-32-26(36)25-9-6-14-35(25)28(38)29(16-24(29)27(37)34-12-4-5-13-34)33-41(39,40)19-20-7-2-1-3-8-20/h1-3,7-8,10-11,15,24-25,33H,4-6,9,12-14,16-19,31H2,(H,32,36)/t24?,25-,29?/m0/s1. The summed E-state index contributed by atoms with van der Waals surface area (Å²) in [5, 5.41) is 3.42. The summed E-state index contributed by atoms with van der Waals surface area (Å²) in [4.78, 5) is 44.0. The first kappa shape index (κ1) is 29.5.